The summed E-state index contributed by atoms with van der Waals surface area (Å²) >= 11 is 0. The van der Waals surface area contributed by atoms with E-state index in [0.717, 1.165) is 150 Å². The maximum atomic E-state index is 5.37. The highest BCUT2D eigenvalue weighted by Crippen LogP contribution is 2.47. The van der Waals surface area contributed by atoms with Crippen molar-refractivity contribution in [3.63, 3.8) is 0 Å². The quantitative estimate of drug-likeness (QED) is 0.135. The number of fused-ring (bicyclic) bond motifs is 23. The van der Waals surface area contributed by atoms with E-state index in [-0.39, 0.29) is 0 Å². The van der Waals surface area contributed by atoms with Crippen LogP contribution in [-0.2, 0) is 0 Å². The van der Waals surface area contributed by atoms with Crippen molar-refractivity contribution in [2.24, 2.45) is 0 Å². The molecule has 140 heavy (non-hydrogen) atoms. The minimum atomic E-state index is 0.662. The van der Waals surface area contributed by atoms with Gasteiger partial charge in [-0.05, 0) is 168 Å². The maximum Gasteiger partial charge on any atom is 0.235 e. The van der Waals surface area contributed by atoms with Gasteiger partial charge in [0, 0.05) is 120 Å². The molecule has 0 N–H and O–H groups in total. The summed E-state index contributed by atoms with van der Waals surface area (Å²) in [6.45, 7) is 0. The normalized spacial score (nSPS) is 11.9. The fourth-order valence-electron chi connectivity index (χ4n) is 21.9. The first-order chi connectivity index (χ1) is 69.5. The molecular weight excluding hydrogens is 1710 g/mol. The standard InChI is InChI=1S/C48H30N4.C42H26N4.C38H24N4/c1-3-15-31(16-4-1)47-38-23-9-12-24-41(38)49-48(50-47)37-27-28-44(34-20-8-7-19-33(34)37)52-43-26-14-11-22-36(43)40-29-39-35-21-10-13-25-42(35)51(45(39)30-46(40)52)32-17-5-2-6-18-32;1-2-14-30(15-3-1)45-37-20-10-7-16-31(37)34-25-35-32-17-8-11-21-38(32)46(40(35)26-39(34)45)42-43-36-19-9-6-18-33(36)41(44-42)29-23-22-27-12-4-5-13-28(27)24-29;1-3-13-25(14-4-1)37-38(40-32-20-10-9-19-31(32)39-37)42-34-22-12-8-18-28(34)30-23-29-27-17-7-11-21-33(27)41(35(29)24-36(30)42)26-15-5-2-6-16-26/h1-30H;1-26H;1-24H. The zero-order chi connectivity index (χ0) is 92.0. The third kappa shape index (κ3) is 12.8. The van der Waals surface area contributed by atoms with E-state index in [9.17, 15) is 0 Å². The molecule has 0 fully saturated rings. The lowest BCUT2D eigenvalue weighted by Crippen LogP contribution is -2.03. The van der Waals surface area contributed by atoms with Gasteiger partial charge in [-0.1, -0.05) is 334 Å². The molecule has 0 amide bonds. The van der Waals surface area contributed by atoms with Crippen LogP contribution in [0, 0.1) is 0 Å². The first-order valence-electron chi connectivity index (χ1n) is 47.5. The second kappa shape index (κ2) is 32.4. The number of rotatable bonds is 10. The first-order valence-corrected chi connectivity index (χ1v) is 47.5. The van der Waals surface area contributed by atoms with Gasteiger partial charge in [-0.2, -0.15) is 0 Å². The van der Waals surface area contributed by atoms with Gasteiger partial charge >= 0.3 is 0 Å². The lowest BCUT2D eigenvalue weighted by atomic mass is 10.0. The third-order valence-corrected chi connectivity index (χ3v) is 28.1. The summed E-state index contributed by atoms with van der Waals surface area (Å²) in [7, 11) is 0. The molecule has 0 aliphatic heterocycles. The first kappa shape index (κ1) is 79.5. The maximum absolute atomic E-state index is 5.37. The van der Waals surface area contributed by atoms with Gasteiger partial charge in [0.2, 0.25) is 5.95 Å². The molecular formula is C128H80N12. The molecule has 0 radical (unpaired) electrons. The molecule has 21 aromatic carbocycles. The van der Waals surface area contributed by atoms with Gasteiger partial charge in [0.15, 0.2) is 11.6 Å². The van der Waals surface area contributed by atoms with Gasteiger partial charge < -0.3 is 18.3 Å². The molecule has 0 unspecified atom stereocenters. The van der Waals surface area contributed by atoms with E-state index >= 15 is 0 Å². The number of para-hydroxylation sites is 13. The fourth-order valence-corrected chi connectivity index (χ4v) is 21.9. The largest absolute Gasteiger partial charge is 0.309 e. The van der Waals surface area contributed by atoms with Crippen molar-refractivity contribution in [3.8, 4) is 79.7 Å². The van der Waals surface area contributed by atoms with Crippen LogP contribution >= 0.6 is 0 Å². The summed E-state index contributed by atoms with van der Waals surface area (Å²) < 4.78 is 14.1. The number of hydrogen-bond donors (Lipinski definition) is 0. The van der Waals surface area contributed by atoms with Crippen molar-refractivity contribution < 1.29 is 0 Å². The van der Waals surface area contributed by atoms with Gasteiger partial charge in [0.1, 0.15) is 5.69 Å². The average molecular weight is 1790 g/mol. The van der Waals surface area contributed by atoms with Crippen LogP contribution < -0.4 is 0 Å². The van der Waals surface area contributed by atoms with Gasteiger partial charge in [-0.15, -0.1) is 0 Å². The zero-order valence-corrected chi connectivity index (χ0v) is 75.6. The van der Waals surface area contributed by atoms with Crippen LogP contribution in [0.4, 0.5) is 0 Å². The van der Waals surface area contributed by atoms with E-state index < -0.39 is 0 Å². The average Bonchev–Trinajstić information content (AvgIpc) is 1.56. The van der Waals surface area contributed by atoms with Crippen molar-refractivity contribution in [2.45, 2.75) is 0 Å². The molecule has 30 rings (SSSR count). The summed E-state index contributed by atoms with van der Waals surface area (Å²) in [6.07, 6.45) is 0. The van der Waals surface area contributed by atoms with Gasteiger partial charge in [0.05, 0.1) is 105 Å². The van der Waals surface area contributed by atoms with Crippen molar-refractivity contribution in [3.05, 3.63) is 485 Å². The lowest BCUT2D eigenvalue weighted by Gasteiger charge is -2.15. The molecule has 12 heteroatoms. The molecule has 30 aromatic rings. The van der Waals surface area contributed by atoms with Crippen LogP contribution in [0.3, 0.4) is 0 Å². The topological polar surface area (TPSA) is 107 Å². The Morgan fingerprint density at radius 3 is 0.950 bits per heavy atom. The van der Waals surface area contributed by atoms with E-state index in [4.69, 9.17) is 29.9 Å². The summed E-state index contributed by atoms with van der Waals surface area (Å²) in [5.41, 5.74) is 28.9. The highest BCUT2D eigenvalue weighted by Gasteiger charge is 2.28. The van der Waals surface area contributed by atoms with Crippen LogP contribution in [0.15, 0.2) is 485 Å². The molecule has 0 spiro atoms. The Hall–Kier alpha value is -19.0. The van der Waals surface area contributed by atoms with Crippen LogP contribution in [0.25, 0.3) is 265 Å². The van der Waals surface area contributed by atoms with E-state index in [0.29, 0.717) is 5.95 Å². The van der Waals surface area contributed by atoms with E-state index in [1.165, 1.54) is 109 Å². The summed E-state index contributed by atoms with van der Waals surface area (Å²) in [5.74, 6) is 2.21. The molecule has 0 aliphatic rings. The Morgan fingerprint density at radius 1 is 0.150 bits per heavy atom. The molecule has 9 heterocycles. The summed E-state index contributed by atoms with van der Waals surface area (Å²) in [6, 6.07) is 172. The highest BCUT2D eigenvalue weighted by atomic mass is 15.2. The van der Waals surface area contributed by atoms with E-state index in [1.807, 2.05) is 42.5 Å². The smallest absolute Gasteiger partial charge is 0.235 e. The van der Waals surface area contributed by atoms with Gasteiger partial charge in [-0.3, -0.25) is 9.13 Å². The Bertz CT molecular complexity index is 10300. The predicted octanol–water partition coefficient (Wildman–Crippen LogP) is 32.4. The monoisotopic (exact) mass is 1780 g/mol. The molecule has 12 nitrogen and oxygen atoms in total. The summed E-state index contributed by atoms with van der Waals surface area (Å²) in [5, 5.41) is 21.4. The SMILES string of the molecule is c1ccc(-c2nc(-c3ccc(-n4c5ccccc5c5cc6c7ccccc7n(-c7ccccc7)c6cc54)c4ccccc34)nc3ccccc23)cc1.c1ccc(-c2nc3ccccc3nc2-n2c3ccccc3c3cc4c5ccccc5n(-c5ccccc5)c4cc32)cc1.c1ccc(-n2c3ccccc3c3cc4c5ccccc5n(-c5nc(-c6ccc7ccccc7c6)c6ccccc6n5)c4cc32)cc1. The second-order valence-corrected chi connectivity index (χ2v) is 35.9. The van der Waals surface area contributed by atoms with Crippen molar-refractivity contribution >= 4 is 185 Å². The van der Waals surface area contributed by atoms with Crippen LogP contribution in [-0.4, -0.2) is 57.3 Å². The van der Waals surface area contributed by atoms with Crippen LogP contribution in [0.5, 0.6) is 0 Å². The Balaban J connectivity index is 0.000000104. The Morgan fingerprint density at radius 2 is 0.479 bits per heavy atom. The van der Waals surface area contributed by atoms with Gasteiger partial charge in [0.25, 0.3) is 0 Å². The van der Waals surface area contributed by atoms with E-state index in [2.05, 4.69) is 470 Å². The number of nitrogens with zero attached hydrogens (tertiary/aromatic N) is 12. The van der Waals surface area contributed by atoms with Crippen molar-refractivity contribution in [2.75, 3.05) is 0 Å². The molecule has 0 bridgehead atoms. The Kier molecular flexibility index (Phi) is 18.4. The van der Waals surface area contributed by atoms with E-state index in [1.54, 1.807) is 0 Å². The van der Waals surface area contributed by atoms with Crippen molar-refractivity contribution in [1.82, 2.24) is 57.3 Å². The molecule has 0 aliphatic carbocycles. The van der Waals surface area contributed by atoms with Crippen LogP contribution in [0.2, 0.25) is 0 Å². The molecule has 0 saturated heterocycles. The molecule has 652 valence electrons. The molecule has 0 atom stereocenters. The number of benzene rings is 21. The molecule has 9 aromatic heterocycles. The predicted molar refractivity (Wildman–Crippen MR) is 581 cm³/mol. The highest BCUT2D eigenvalue weighted by molar-refractivity contribution is 6.23. The third-order valence-electron chi connectivity index (χ3n) is 28.1. The van der Waals surface area contributed by atoms with Gasteiger partial charge in [-0.25, -0.2) is 29.9 Å². The Labute approximate surface area is 802 Å². The number of aromatic nitrogens is 12. The molecule has 0 saturated carbocycles. The lowest BCUT2D eigenvalue weighted by molar-refractivity contribution is 1.01. The fraction of sp³-hybridized carbons (Fsp3) is 0. The second-order valence-electron chi connectivity index (χ2n) is 35.9. The zero-order valence-electron chi connectivity index (χ0n) is 75.6. The van der Waals surface area contributed by atoms with Crippen LogP contribution in [0.1, 0.15) is 0 Å². The summed E-state index contributed by atoms with van der Waals surface area (Å²) in [4.78, 5) is 31.5. The minimum Gasteiger partial charge on any atom is -0.309 e. The minimum absolute atomic E-state index is 0.662. The number of hydrogen-bond acceptors (Lipinski definition) is 6. The van der Waals surface area contributed by atoms with Crippen molar-refractivity contribution in [1.29, 1.82) is 0 Å².